The fraction of sp³-hybridized carbons (Fsp3) is 0.900. The van der Waals surface area contributed by atoms with Crippen molar-refractivity contribution < 1.29 is 9.18 Å². The minimum atomic E-state index is -1.51. The lowest BCUT2D eigenvalue weighted by Crippen LogP contribution is -2.52. The van der Waals surface area contributed by atoms with Crippen LogP contribution in [0.25, 0.3) is 0 Å². The third-order valence-corrected chi connectivity index (χ3v) is 3.09. The first kappa shape index (κ1) is 12.4. The molecule has 0 aromatic heterocycles. The van der Waals surface area contributed by atoms with E-state index in [1.807, 2.05) is 13.8 Å². The van der Waals surface area contributed by atoms with Gasteiger partial charge in [0.15, 0.2) is 0 Å². The quantitative estimate of drug-likeness (QED) is 0.724. The second-order valence-electron chi connectivity index (χ2n) is 4.41. The highest BCUT2D eigenvalue weighted by Crippen LogP contribution is 2.41. The zero-order valence-electron chi connectivity index (χ0n) is 9.36. The van der Waals surface area contributed by atoms with Crippen LogP contribution in [0.2, 0.25) is 0 Å². The minimum Gasteiger partial charge on any atom is -0.359 e. The van der Waals surface area contributed by atoms with Gasteiger partial charge in [-0.05, 0) is 26.7 Å². The highest BCUT2D eigenvalue weighted by atomic mass is 19.1. The zero-order valence-corrected chi connectivity index (χ0v) is 9.36. The summed E-state index contributed by atoms with van der Waals surface area (Å²) in [6, 6.07) is 0. The Kier molecular flexibility index (Phi) is 3.47. The van der Waals surface area contributed by atoms with Gasteiger partial charge < -0.3 is 5.32 Å². The Morgan fingerprint density at radius 2 is 1.69 bits per heavy atom. The maximum Gasteiger partial charge on any atom is 0.229 e. The Morgan fingerprint density at radius 3 is 1.77 bits per heavy atom. The summed E-state index contributed by atoms with van der Waals surface area (Å²) in [7, 11) is 1.54. The van der Waals surface area contributed by atoms with Gasteiger partial charge in [-0.2, -0.15) is 0 Å². The van der Waals surface area contributed by atoms with Gasteiger partial charge in [0.1, 0.15) is 5.67 Å². The van der Waals surface area contributed by atoms with E-state index in [2.05, 4.69) is 5.32 Å². The fourth-order valence-corrected chi connectivity index (χ4v) is 1.48. The fourth-order valence-electron chi connectivity index (χ4n) is 1.48. The Labute approximate surface area is 79.9 Å². The lowest BCUT2D eigenvalue weighted by Gasteiger charge is -2.40. The van der Waals surface area contributed by atoms with Gasteiger partial charge in [-0.1, -0.05) is 13.8 Å². The van der Waals surface area contributed by atoms with Gasteiger partial charge in [0.2, 0.25) is 5.91 Å². The first-order chi connectivity index (χ1) is 5.67. The van der Waals surface area contributed by atoms with Crippen LogP contribution in [-0.4, -0.2) is 18.6 Å². The van der Waals surface area contributed by atoms with Gasteiger partial charge in [0.25, 0.3) is 0 Å². The van der Waals surface area contributed by atoms with E-state index in [0.29, 0.717) is 0 Å². The molecule has 13 heavy (non-hydrogen) atoms. The summed E-state index contributed by atoms with van der Waals surface area (Å²) in [5, 5.41) is 2.51. The van der Waals surface area contributed by atoms with Gasteiger partial charge >= 0.3 is 0 Å². The van der Waals surface area contributed by atoms with E-state index in [0.717, 1.165) is 0 Å². The number of hydrogen-bond acceptors (Lipinski definition) is 1. The van der Waals surface area contributed by atoms with Gasteiger partial charge in [-0.15, -0.1) is 0 Å². The number of amides is 1. The van der Waals surface area contributed by atoms with E-state index in [1.165, 1.54) is 20.9 Å². The Morgan fingerprint density at radius 1 is 1.31 bits per heavy atom. The van der Waals surface area contributed by atoms with E-state index in [1.54, 1.807) is 6.92 Å². The summed E-state index contributed by atoms with van der Waals surface area (Å²) in [6.45, 7) is 8.27. The molecule has 0 heterocycles. The van der Waals surface area contributed by atoms with Crippen molar-refractivity contribution in [1.82, 2.24) is 5.32 Å². The Bertz CT molecular complexity index is 196. The summed E-state index contributed by atoms with van der Waals surface area (Å²) in [5.74, 6) is -0.276. The molecular weight excluding hydrogens is 169 g/mol. The molecule has 3 heteroatoms. The largest absolute Gasteiger partial charge is 0.359 e. The predicted octanol–water partition coefficient (Wildman–Crippen LogP) is 2.14. The van der Waals surface area contributed by atoms with Crippen LogP contribution in [-0.2, 0) is 4.79 Å². The topological polar surface area (TPSA) is 29.1 Å². The van der Waals surface area contributed by atoms with Crippen molar-refractivity contribution in [3.63, 3.8) is 0 Å². The molecule has 1 amide bonds. The molecule has 0 fully saturated rings. The summed E-state index contributed by atoms with van der Waals surface area (Å²) >= 11 is 0. The molecule has 0 aliphatic carbocycles. The van der Waals surface area contributed by atoms with Crippen LogP contribution in [0.3, 0.4) is 0 Å². The van der Waals surface area contributed by atoms with Crippen molar-refractivity contribution in [3.8, 4) is 0 Å². The summed E-state index contributed by atoms with van der Waals surface area (Å²) in [4.78, 5) is 11.6. The van der Waals surface area contributed by atoms with Crippen molar-refractivity contribution in [2.24, 2.45) is 11.3 Å². The average Bonchev–Trinajstić information content (AvgIpc) is 1.98. The van der Waals surface area contributed by atoms with Crippen molar-refractivity contribution in [1.29, 1.82) is 0 Å². The van der Waals surface area contributed by atoms with E-state index in [9.17, 15) is 9.18 Å². The number of rotatable bonds is 3. The standard InChI is InChI=1S/C10H20FNO/c1-7(2)10(5,8(13)12-6)9(3,4)11/h7H,1-6H3,(H,12,13)/t10-/m0/s1. The molecular formula is C10H20FNO. The van der Waals surface area contributed by atoms with Gasteiger partial charge in [0, 0.05) is 7.05 Å². The molecule has 0 saturated carbocycles. The summed E-state index contributed by atoms with van der Waals surface area (Å²) in [5.41, 5.74) is -2.48. The maximum atomic E-state index is 13.9. The van der Waals surface area contributed by atoms with Crippen molar-refractivity contribution in [2.45, 2.75) is 40.3 Å². The van der Waals surface area contributed by atoms with Crippen LogP contribution in [0.5, 0.6) is 0 Å². The lowest BCUT2D eigenvalue weighted by atomic mass is 9.68. The molecule has 2 nitrogen and oxygen atoms in total. The maximum absolute atomic E-state index is 13.9. The Balaban J connectivity index is 5.08. The first-order valence-electron chi connectivity index (χ1n) is 4.59. The normalized spacial score (nSPS) is 16.9. The molecule has 0 aromatic rings. The van der Waals surface area contributed by atoms with Gasteiger partial charge in [0.05, 0.1) is 5.41 Å². The van der Waals surface area contributed by atoms with E-state index < -0.39 is 11.1 Å². The predicted molar refractivity (Wildman–Crippen MR) is 52.2 cm³/mol. The molecule has 0 bridgehead atoms. The molecule has 1 atom stereocenters. The minimum absolute atomic E-state index is 0.0348. The molecule has 0 aliphatic heterocycles. The summed E-state index contributed by atoms with van der Waals surface area (Å²) in [6.07, 6.45) is 0. The molecule has 0 rings (SSSR count). The lowest BCUT2D eigenvalue weighted by molar-refractivity contribution is -0.142. The molecule has 0 aromatic carbocycles. The van der Waals surface area contributed by atoms with Crippen molar-refractivity contribution in [3.05, 3.63) is 0 Å². The number of carbonyl (C=O) groups is 1. The first-order valence-corrected chi connectivity index (χ1v) is 4.59. The van der Waals surface area contributed by atoms with Crippen LogP contribution in [0.1, 0.15) is 34.6 Å². The van der Waals surface area contributed by atoms with Crippen LogP contribution in [0.4, 0.5) is 4.39 Å². The van der Waals surface area contributed by atoms with Crippen LogP contribution >= 0.6 is 0 Å². The monoisotopic (exact) mass is 189 g/mol. The number of carbonyl (C=O) groups excluding carboxylic acids is 1. The van der Waals surface area contributed by atoms with E-state index in [4.69, 9.17) is 0 Å². The Hall–Kier alpha value is -0.600. The molecule has 78 valence electrons. The SMILES string of the molecule is CNC(=O)[C@](C)(C(C)C)C(C)(C)F. The van der Waals surface area contributed by atoms with Crippen LogP contribution < -0.4 is 5.32 Å². The molecule has 0 radical (unpaired) electrons. The number of hydrogen-bond donors (Lipinski definition) is 1. The number of halogens is 1. The highest BCUT2D eigenvalue weighted by Gasteiger charge is 2.49. The molecule has 0 spiro atoms. The van der Waals surface area contributed by atoms with Gasteiger partial charge in [-0.25, -0.2) is 4.39 Å². The highest BCUT2D eigenvalue weighted by molar-refractivity contribution is 5.83. The second-order valence-corrected chi connectivity index (χ2v) is 4.41. The molecule has 0 unspecified atom stereocenters. The molecule has 0 aliphatic rings. The molecule has 1 N–H and O–H groups in total. The molecule has 0 saturated heterocycles. The number of alkyl halides is 1. The van der Waals surface area contributed by atoms with Crippen LogP contribution in [0, 0.1) is 11.3 Å². The third-order valence-electron chi connectivity index (χ3n) is 3.09. The third kappa shape index (κ3) is 2.01. The van der Waals surface area contributed by atoms with E-state index in [-0.39, 0.29) is 11.8 Å². The van der Waals surface area contributed by atoms with Crippen molar-refractivity contribution in [2.75, 3.05) is 7.05 Å². The summed E-state index contributed by atoms with van der Waals surface area (Å²) < 4.78 is 13.9. The van der Waals surface area contributed by atoms with Gasteiger partial charge in [-0.3, -0.25) is 4.79 Å². The van der Waals surface area contributed by atoms with Crippen molar-refractivity contribution >= 4 is 5.91 Å². The van der Waals surface area contributed by atoms with Crippen LogP contribution in [0.15, 0.2) is 0 Å². The zero-order chi connectivity index (χ0) is 10.9. The van der Waals surface area contributed by atoms with E-state index >= 15 is 0 Å². The average molecular weight is 189 g/mol. The second kappa shape index (κ2) is 3.64. The smallest absolute Gasteiger partial charge is 0.229 e. The number of nitrogens with one attached hydrogen (secondary N) is 1.